The van der Waals surface area contributed by atoms with E-state index in [1.807, 2.05) is 20.8 Å². The maximum atomic E-state index is 12.0. The molecule has 0 aromatic carbocycles. The Morgan fingerprint density at radius 2 is 1.47 bits per heavy atom. The van der Waals surface area contributed by atoms with Crippen molar-refractivity contribution in [2.24, 2.45) is 11.3 Å². The van der Waals surface area contributed by atoms with Gasteiger partial charge >= 0.3 is 11.9 Å². The van der Waals surface area contributed by atoms with Gasteiger partial charge in [-0.3, -0.25) is 9.59 Å². The first-order chi connectivity index (χ1) is 7.49. The van der Waals surface area contributed by atoms with E-state index in [0.717, 1.165) is 0 Å². The zero-order valence-electron chi connectivity index (χ0n) is 11.9. The summed E-state index contributed by atoms with van der Waals surface area (Å²) in [4.78, 5) is 23.8. The molecule has 0 rings (SSSR count). The van der Waals surface area contributed by atoms with Gasteiger partial charge in [-0.1, -0.05) is 20.8 Å². The van der Waals surface area contributed by atoms with E-state index in [4.69, 9.17) is 9.47 Å². The number of rotatable bonds is 3. The van der Waals surface area contributed by atoms with Crippen LogP contribution < -0.4 is 0 Å². The van der Waals surface area contributed by atoms with Crippen molar-refractivity contribution >= 4 is 11.9 Å². The summed E-state index contributed by atoms with van der Waals surface area (Å²) in [5.41, 5.74) is -1.12. The van der Waals surface area contributed by atoms with Gasteiger partial charge in [-0.05, 0) is 33.1 Å². The van der Waals surface area contributed by atoms with Gasteiger partial charge < -0.3 is 9.47 Å². The molecule has 0 heterocycles. The van der Waals surface area contributed by atoms with Crippen molar-refractivity contribution in [1.29, 1.82) is 0 Å². The van der Waals surface area contributed by atoms with Crippen LogP contribution in [0.5, 0.6) is 0 Å². The standard InChI is InChI=1S/C13H24O4/c1-8-16-10(14)9(12(2,3)4)11(15)17-13(5,6)7/h9H,8H2,1-7H3. The monoisotopic (exact) mass is 244 g/mol. The van der Waals surface area contributed by atoms with Crippen LogP contribution in [0.2, 0.25) is 0 Å². The highest BCUT2D eigenvalue weighted by atomic mass is 16.6. The molecule has 0 aliphatic heterocycles. The number of carbonyl (C=O) groups is 2. The lowest BCUT2D eigenvalue weighted by molar-refractivity contribution is -0.174. The second-order valence-corrected chi connectivity index (χ2v) is 6.08. The Labute approximate surface area is 104 Å². The number of esters is 2. The Hall–Kier alpha value is -1.06. The van der Waals surface area contributed by atoms with Gasteiger partial charge in [0.1, 0.15) is 5.60 Å². The summed E-state index contributed by atoms with van der Waals surface area (Å²) in [5.74, 6) is -1.93. The molecule has 0 aliphatic carbocycles. The molecule has 0 radical (unpaired) electrons. The predicted octanol–water partition coefficient (Wildman–Crippen LogP) is 2.55. The molecule has 0 saturated carbocycles. The van der Waals surface area contributed by atoms with E-state index < -0.39 is 28.9 Å². The molecule has 0 spiro atoms. The van der Waals surface area contributed by atoms with Crippen LogP contribution in [0.3, 0.4) is 0 Å². The van der Waals surface area contributed by atoms with Crippen LogP contribution in [0, 0.1) is 11.3 Å². The summed E-state index contributed by atoms with van der Waals surface area (Å²) in [6.07, 6.45) is 0. The van der Waals surface area contributed by atoms with E-state index in [1.165, 1.54) is 0 Å². The summed E-state index contributed by atoms with van der Waals surface area (Å²) in [6, 6.07) is 0. The fourth-order valence-electron chi connectivity index (χ4n) is 1.39. The Balaban J connectivity index is 4.95. The topological polar surface area (TPSA) is 52.6 Å². The van der Waals surface area contributed by atoms with Crippen molar-refractivity contribution in [3.63, 3.8) is 0 Å². The molecule has 4 heteroatoms. The highest BCUT2D eigenvalue weighted by Crippen LogP contribution is 2.29. The summed E-state index contributed by atoms with van der Waals surface area (Å²) in [6.45, 7) is 12.7. The van der Waals surface area contributed by atoms with E-state index >= 15 is 0 Å². The van der Waals surface area contributed by atoms with Crippen LogP contribution >= 0.6 is 0 Å². The number of hydrogen-bond donors (Lipinski definition) is 0. The molecule has 0 bridgehead atoms. The number of hydrogen-bond acceptors (Lipinski definition) is 4. The summed E-state index contributed by atoms with van der Waals surface area (Å²) >= 11 is 0. The lowest BCUT2D eigenvalue weighted by Crippen LogP contribution is -2.41. The van der Waals surface area contributed by atoms with E-state index in [9.17, 15) is 9.59 Å². The minimum absolute atomic E-state index is 0.258. The molecule has 0 aromatic rings. The van der Waals surface area contributed by atoms with Crippen molar-refractivity contribution in [1.82, 2.24) is 0 Å². The summed E-state index contributed by atoms with van der Waals surface area (Å²) in [5, 5.41) is 0. The first kappa shape index (κ1) is 15.9. The Kier molecular flexibility index (Phi) is 5.17. The van der Waals surface area contributed by atoms with E-state index in [-0.39, 0.29) is 6.61 Å². The minimum Gasteiger partial charge on any atom is -0.465 e. The van der Waals surface area contributed by atoms with Crippen molar-refractivity contribution in [3.8, 4) is 0 Å². The van der Waals surface area contributed by atoms with Crippen LogP contribution in [0.15, 0.2) is 0 Å². The second-order valence-electron chi connectivity index (χ2n) is 6.08. The molecule has 1 atom stereocenters. The molecule has 0 aliphatic rings. The zero-order chi connectivity index (χ0) is 13.9. The Morgan fingerprint density at radius 3 is 1.76 bits per heavy atom. The smallest absolute Gasteiger partial charge is 0.321 e. The van der Waals surface area contributed by atoms with Gasteiger partial charge in [0, 0.05) is 0 Å². The quantitative estimate of drug-likeness (QED) is 0.565. The molecule has 100 valence electrons. The van der Waals surface area contributed by atoms with Gasteiger partial charge in [-0.15, -0.1) is 0 Å². The van der Waals surface area contributed by atoms with Crippen LogP contribution in [0.1, 0.15) is 48.5 Å². The zero-order valence-corrected chi connectivity index (χ0v) is 11.9. The summed E-state index contributed by atoms with van der Waals surface area (Å²) in [7, 11) is 0. The van der Waals surface area contributed by atoms with Gasteiger partial charge in [0.2, 0.25) is 0 Å². The van der Waals surface area contributed by atoms with Crippen molar-refractivity contribution in [3.05, 3.63) is 0 Å². The Morgan fingerprint density at radius 1 is 1.00 bits per heavy atom. The largest absolute Gasteiger partial charge is 0.465 e. The van der Waals surface area contributed by atoms with E-state index in [1.54, 1.807) is 27.7 Å². The van der Waals surface area contributed by atoms with Gasteiger partial charge in [0.25, 0.3) is 0 Å². The van der Waals surface area contributed by atoms with Crippen LogP contribution in [-0.4, -0.2) is 24.1 Å². The highest BCUT2D eigenvalue weighted by molar-refractivity contribution is 5.95. The third-order valence-corrected chi connectivity index (χ3v) is 2.03. The van der Waals surface area contributed by atoms with Gasteiger partial charge in [0.05, 0.1) is 6.61 Å². The number of ether oxygens (including phenoxy) is 2. The third kappa shape index (κ3) is 5.71. The molecule has 0 aromatic heterocycles. The lowest BCUT2D eigenvalue weighted by Gasteiger charge is -2.30. The molecule has 1 unspecified atom stereocenters. The molecule has 0 saturated heterocycles. The maximum Gasteiger partial charge on any atom is 0.321 e. The average molecular weight is 244 g/mol. The van der Waals surface area contributed by atoms with Crippen molar-refractivity contribution < 1.29 is 19.1 Å². The normalized spacial score (nSPS) is 14.1. The number of carbonyl (C=O) groups excluding carboxylic acids is 2. The first-order valence-corrected chi connectivity index (χ1v) is 5.88. The Bertz CT molecular complexity index is 281. The fraction of sp³-hybridized carbons (Fsp3) is 0.846. The third-order valence-electron chi connectivity index (χ3n) is 2.03. The van der Waals surface area contributed by atoms with Gasteiger partial charge in [-0.25, -0.2) is 0 Å². The summed E-state index contributed by atoms with van der Waals surface area (Å²) < 4.78 is 10.2. The molecule has 0 fully saturated rings. The lowest BCUT2D eigenvalue weighted by atomic mass is 9.80. The molecule has 0 amide bonds. The molecule has 0 N–H and O–H groups in total. The molecular formula is C13H24O4. The average Bonchev–Trinajstić information content (AvgIpc) is 1.96. The molecule has 17 heavy (non-hydrogen) atoms. The van der Waals surface area contributed by atoms with Gasteiger partial charge in [-0.2, -0.15) is 0 Å². The minimum atomic E-state index is -0.887. The molecule has 4 nitrogen and oxygen atoms in total. The van der Waals surface area contributed by atoms with E-state index in [2.05, 4.69) is 0 Å². The van der Waals surface area contributed by atoms with Crippen LogP contribution in [0.25, 0.3) is 0 Å². The first-order valence-electron chi connectivity index (χ1n) is 5.88. The van der Waals surface area contributed by atoms with Gasteiger partial charge in [0.15, 0.2) is 5.92 Å². The maximum absolute atomic E-state index is 12.0. The molecular weight excluding hydrogens is 220 g/mol. The highest BCUT2D eigenvalue weighted by Gasteiger charge is 2.41. The second kappa shape index (κ2) is 5.52. The van der Waals surface area contributed by atoms with Crippen molar-refractivity contribution in [2.75, 3.05) is 6.61 Å². The van der Waals surface area contributed by atoms with Crippen LogP contribution in [0.4, 0.5) is 0 Å². The van der Waals surface area contributed by atoms with Crippen LogP contribution in [-0.2, 0) is 19.1 Å². The van der Waals surface area contributed by atoms with Crippen molar-refractivity contribution in [2.45, 2.75) is 54.1 Å². The van der Waals surface area contributed by atoms with E-state index in [0.29, 0.717) is 0 Å². The predicted molar refractivity (Wildman–Crippen MR) is 65.4 cm³/mol. The fourth-order valence-corrected chi connectivity index (χ4v) is 1.39. The SMILES string of the molecule is CCOC(=O)C(C(=O)OC(C)(C)C)C(C)(C)C.